The van der Waals surface area contributed by atoms with E-state index in [1.807, 2.05) is 30.3 Å². The first-order valence-electron chi connectivity index (χ1n) is 7.51. The normalized spacial score (nSPS) is 11.0. The Labute approximate surface area is 174 Å². The fourth-order valence-corrected chi connectivity index (χ4v) is 3.34. The zero-order valence-corrected chi connectivity index (χ0v) is 18.0. The third-order valence-corrected chi connectivity index (χ3v) is 4.78. The number of nitrogens with zero attached hydrogens (tertiary/aromatic N) is 2. The molecule has 2 aromatic rings. The summed E-state index contributed by atoms with van der Waals surface area (Å²) in [7, 11) is 3.19. The number of rotatable bonds is 5. The van der Waals surface area contributed by atoms with Gasteiger partial charge in [-0.2, -0.15) is 5.26 Å². The van der Waals surface area contributed by atoms with Crippen LogP contribution >= 0.6 is 43.5 Å². The molecular weight excluding hydrogens is 483 g/mol. The summed E-state index contributed by atoms with van der Waals surface area (Å²) in [6, 6.07) is 13.1. The Kier molecular flexibility index (Phi) is 7.27. The van der Waals surface area contributed by atoms with Crippen LogP contribution in [0.15, 0.2) is 50.9 Å². The molecule has 2 aromatic carbocycles. The van der Waals surface area contributed by atoms with E-state index < -0.39 is 0 Å². The van der Waals surface area contributed by atoms with Gasteiger partial charge in [-0.1, -0.05) is 39.7 Å². The monoisotopic (exact) mass is 496 g/mol. The molecule has 0 saturated heterocycles. The number of amides is 1. The number of ether oxygens (including phenoxy) is 1. The molecule has 0 fully saturated rings. The lowest BCUT2D eigenvalue weighted by atomic mass is 10.1. The summed E-state index contributed by atoms with van der Waals surface area (Å²) in [5, 5.41) is 9.58. The van der Waals surface area contributed by atoms with Crippen molar-refractivity contribution in [1.82, 2.24) is 4.90 Å². The van der Waals surface area contributed by atoms with Gasteiger partial charge < -0.3 is 9.64 Å². The van der Waals surface area contributed by atoms with Gasteiger partial charge in [-0.25, -0.2) is 0 Å². The van der Waals surface area contributed by atoms with Gasteiger partial charge in [0.15, 0.2) is 5.75 Å². The van der Waals surface area contributed by atoms with Crippen molar-refractivity contribution in [3.63, 3.8) is 0 Å². The molecule has 4 nitrogen and oxygen atoms in total. The molecule has 0 heterocycles. The molecule has 0 aromatic heterocycles. The number of carbonyl (C=O) groups is 1. The largest absolute Gasteiger partial charge is 0.486 e. The fourth-order valence-electron chi connectivity index (χ4n) is 2.09. The van der Waals surface area contributed by atoms with Crippen LogP contribution in [0.2, 0.25) is 5.02 Å². The SMILES string of the molecule is CN(C)C(=O)/C(C#N)=C\c1cc(Cl)c(OCc2ccc(Br)cc2)c(Br)c1. The first-order chi connectivity index (χ1) is 12.3. The number of benzene rings is 2. The maximum Gasteiger partial charge on any atom is 0.264 e. The Bertz CT molecular complexity index is 864. The lowest BCUT2D eigenvalue weighted by Gasteiger charge is -2.12. The van der Waals surface area contributed by atoms with E-state index >= 15 is 0 Å². The molecular formula is C19H15Br2ClN2O2. The molecule has 7 heteroatoms. The molecule has 134 valence electrons. The molecule has 1 amide bonds. The predicted octanol–water partition coefficient (Wildman–Crippen LogP) is 5.44. The highest BCUT2D eigenvalue weighted by molar-refractivity contribution is 9.10. The van der Waals surface area contributed by atoms with Crippen molar-refractivity contribution in [3.8, 4) is 11.8 Å². The van der Waals surface area contributed by atoms with E-state index in [4.69, 9.17) is 16.3 Å². The van der Waals surface area contributed by atoms with Gasteiger partial charge in [0.25, 0.3) is 5.91 Å². The standard InChI is InChI=1S/C19H15Br2ClN2O2/c1-24(2)19(25)14(10-23)7-13-8-16(21)18(17(22)9-13)26-11-12-3-5-15(20)6-4-12/h3-9H,11H2,1-2H3/b14-7-. The van der Waals surface area contributed by atoms with Crippen molar-refractivity contribution in [3.05, 3.63) is 67.1 Å². The topological polar surface area (TPSA) is 53.3 Å². The van der Waals surface area contributed by atoms with E-state index in [0.717, 1.165) is 10.0 Å². The lowest BCUT2D eigenvalue weighted by molar-refractivity contribution is -0.124. The van der Waals surface area contributed by atoms with Gasteiger partial charge in [0.05, 0.1) is 9.50 Å². The molecule has 0 radical (unpaired) electrons. The number of nitriles is 1. The van der Waals surface area contributed by atoms with E-state index in [9.17, 15) is 10.1 Å². The predicted molar refractivity (Wildman–Crippen MR) is 110 cm³/mol. The first-order valence-corrected chi connectivity index (χ1v) is 9.48. The number of likely N-dealkylation sites (N-methyl/N-ethyl adjacent to an activating group) is 1. The molecule has 26 heavy (non-hydrogen) atoms. The molecule has 0 unspecified atom stereocenters. The van der Waals surface area contributed by atoms with E-state index in [1.54, 1.807) is 26.2 Å². The summed E-state index contributed by atoms with van der Waals surface area (Å²) < 4.78 is 7.45. The van der Waals surface area contributed by atoms with Gasteiger partial charge in [0.1, 0.15) is 18.2 Å². The fraction of sp³-hybridized carbons (Fsp3) is 0.158. The van der Waals surface area contributed by atoms with Gasteiger partial charge in [-0.3, -0.25) is 4.79 Å². The Hall–Kier alpha value is -1.81. The maximum absolute atomic E-state index is 12.0. The van der Waals surface area contributed by atoms with Crippen LogP contribution in [0.4, 0.5) is 0 Å². The molecule has 0 aliphatic heterocycles. The van der Waals surface area contributed by atoms with Crippen LogP contribution in [-0.4, -0.2) is 24.9 Å². The Balaban J connectivity index is 2.23. The lowest BCUT2D eigenvalue weighted by Crippen LogP contribution is -2.22. The van der Waals surface area contributed by atoms with Crippen LogP contribution in [0, 0.1) is 11.3 Å². The van der Waals surface area contributed by atoms with Crippen molar-refractivity contribution in [2.75, 3.05) is 14.1 Å². The van der Waals surface area contributed by atoms with Crippen LogP contribution in [0.25, 0.3) is 6.08 Å². The van der Waals surface area contributed by atoms with Crippen LogP contribution in [0.5, 0.6) is 5.75 Å². The quantitative estimate of drug-likeness (QED) is 0.408. The minimum absolute atomic E-state index is 0.0292. The number of carbonyl (C=O) groups excluding carboxylic acids is 1. The summed E-state index contributed by atoms with van der Waals surface area (Å²) >= 11 is 13.2. The van der Waals surface area contributed by atoms with Gasteiger partial charge in [-0.05, 0) is 57.4 Å². The number of hydrogen-bond acceptors (Lipinski definition) is 3. The van der Waals surface area contributed by atoms with Gasteiger partial charge in [-0.15, -0.1) is 0 Å². The number of halogens is 3. The molecule has 0 aliphatic carbocycles. The Morgan fingerprint density at radius 2 is 1.92 bits per heavy atom. The second kappa shape index (κ2) is 9.22. The Morgan fingerprint density at radius 3 is 2.46 bits per heavy atom. The van der Waals surface area contributed by atoms with Crippen molar-refractivity contribution in [1.29, 1.82) is 5.26 Å². The van der Waals surface area contributed by atoms with E-state index in [2.05, 4.69) is 31.9 Å². The summed E-state index contributed by atoms with van der Waals surface area (Å²) in [5.41, 5.74) is 1.66. The minimum atomic E-state index is -0.365. The summed E-state index contributed by atoms with van der Waals surface area (Å²) in [5.74, 6) is 0.138. The van der Waals surface area contributed by atoms with Crippen molar-refractivity contribution < 1.29 is 9.53 Å². The average molecular weight is 499 g/mol. The van der Waals surface area contributed by atoms with E-state index in [1.165, 1.54) is 11.0 Å². The van der Waals surface area contributed by atoms with E-state index in [-0.39, 0.29) is 11.5 Å². The summed E-state index contributed by atoms with van der Waals surface area (Å²) in [6.07, 6.45) is 1.50. The zero-order chi connectivity index (χ0) is 19.3. The zero-order valence-electron chi connectivity index (χ0n) is 14.1. The van der Waals surface area contributed by atoms with E-state index in [0.29, 0.717) is 27.4 Å². The van der Waals surface area contributed by atoms with Crippen LogP contribution in [0.1, 0.15) is 11.1 Å². The minimum Gasteiger partial charge on any atom is -0.486 e. The third kappa shape index (κ3) is 5.34. The molecule has 0 saturated carbocycles. The highest BCUT2D eigenvalue weighted by Crippen LogP contribution is 2.35. The highest BCUT2D eigenvalue weighted by Gasteiger charge is 2.13. The van der Waals surface area contributed by atoms with Crippen LogP contribution in [-0.2, 0) is 11.4 Å². The molecule has 0 N–H and O–H groups in total. The highest BCUT2D eigenvalue weighted by atomic mass is 79.9. The second-order valence-corrected chi connectivity index (χ2v) is 7.78. The third-order valence-electron chi connectivity index (χ3n) is 3.39. The smallest absolute Gasteiger partial charge is 0.264 e. The van der Waals surface area contributed by atoms with Crippen molar-refractivity contribution in [2.24, 2.45) is 0 Å². The second-order valence-electron chi connectivity index (χ2n) is 5.60. The maximum atomic E-state index is 12.0. The summed E-state index contributed by atoms with van der Waals surface area (Å²) in [6.45, 7) is 0.364. The van der Waals surface area contributed by atoms with Gasteiger partial charge in [0.2, 0.25) is 0 Å². The molecule has 0 spiro atoms. The average Bonchev–Trinajstić information content (AvgIpc) is 2.59. The first kappa shape index (κ1) is 20.5. The molecule has 0 atom stereocenters. The van der Waals surface area contributed by atoms with Crippen LogP contribution in [0.3, 0.4) is 0 Å². The molecule has 2 rings (SSSR count). The molecule has 0 aliphatic rings. The van der Waals surface area contributed by atoms with Crippen molar-refractivity contribution in [2.45, 2.75) is 6.61 Å². The Morgan fingerprint density at radius 1 is 1.27 bits per heavy atom. The summed E-state index contributed by atoms with van der Waals surface area (Å²) in [4.78, 5) is 13.3. The van der Waals surface area contributed by atoms with Gasteiger partial charge in [0, 0.05) is 18.6 Å². The molecule has 0 bridgehead atoms. The van der Waals surface area contributed by atoms with Crippen LogP contribution < -0.4 is 4.74 Å². The number of hydrogen-bond donors (Lipinski definition) is 0. The van der Waals surface area contributed by atoms with Gasteiger partial charge >= 0.3 is 0 Å². The van der Waals surface area contributed by atoms with Crippen molar-refractivity contribution >= 4 is 55.4 Å².